The molecule has 0 saturated carbocycles. The minimum atomic E-state index is -0.851. The Morgan fingerprint density at radius 1 is 0.750 bits per heavy atom. The largest absolute Gasteiger partial charge is 0.489 e. The van der Waals surface area contributed by atoms with E-state index in [1.54, 1.807) is 42.5 Å². The van der Waals surface area contributed by atoms with Gasteiger partial charge in [0.15, 0.2) is 0 Å². The van der Waals surface area contributed by atoms with Crippen molar-refractivity contribution in [3.8, 4) is 11.5 Å². The molecule has 4 amide bonds. The zero-order valence-electron chi connectivity index (χ0n) is 23.8. The molecule has 6 rings (SSSR count). The second kappa shape index (κ2) is 12.2. The molecule has 0 aromatic heterocycles. The van der Waals surface area contributed by atoms with Crippen molar-refractivity contribution in [3.05, 3.63) is 143 Å². The van der Waals surface area contributed by atoms with Crippen LogP contribution in [-0.4, -0.2) is 17.8 Å². The van der Waals surface area contributed by atoms with Crippen LogP contribution in [-0.2, 0) is 22.8 Å². The van der Waals surface area contributed by atoms with Gasteiger partial charge in [-0.15, -0.1) is 0 Å². The Hall–Kier alpha value is -5.76. The number of benzene rings is 5. The summed E-state index contributed by atoms with van der Waals surface area (Å²) >= 11 is 0. The Labute approximate surface area is 253 Å². The number of urea groups is 1. The predicted molar refractivity (Wildman–Crippen MR) is 166 cm³/mol. The molecule has 1 N–H and O–H groups in total. The van der Waals surface area contributed by atoms with Gasteiger partial charge in [-0.25, -0.2) is 14.1 Å². The van der Waals surface area contributed by atoms with E-state index < -0.39 is 17.8 Å². The molecule has 1 saturated heterocycles. The molecular formula is C36H27FN2O5. The Kier molecular flexibility index (Phi) is 7.88. The maximum absolute atomic E-state index is 13.7. The van der Waals surface area contributed by atoms with Crippen molar-refractivity contribution in [1.82, 2.24) is 5.32 Å². The lowest BCUT2D eigenvalue weighted by atomic mass is 9.99. The van der Waals surface area contributed by atoms with E-state index in [1.807, 2.05) is 61.5 Å². The molecule has 0 aliphatic carbocycles. The van der Waals surface area contributed by atoms with E-state index in [-0.39, 0.29) is 23.7 Å². The summed E-state index contributed by atoms with van der Waals surface area (Å²) in [5.41, 5.74) is 3.45. The van der Waals surface area contributed by atoms with E-state index in [0.717, 1.165) is 32.4 Å². The molecule has 7 nitrogen and oxygen atoms in total. The number of amides is 4. The van der Waals surface area contributed by atoms with Crippen LogP contribution in [0.5, 0.6) is 11.5 Å². The molecule has 8 heteroatoms. The first-order valence-corrected chi connectivity index (χ1v) is 13.9. The Balaban J connectivity index is 1.28. The number of carbonyl (C=O) groups is 3. The van der Waals surface area contributed by atoms with Crippen molar-refractivity contribution < 1.29 is 28.2 Å². The first-order chi connectivity index (χ1) is 21.4. The highest BCUT2D eigenvalue weighted by atomic mass is 19.1. The SMILES string of the molecule is Cc1ccc(COc2ccc(N3C(=O)NC(=O)/C(=C\c4c(OCc5ccc(F)cc5)ccc5ccccc45)C3=O)cc2)cc1. The molecule has 0 unspecified atom stereocenters. The molecule has 5 aromatic rings. The average Bonchev–Trinajstić information content (AvgIpc) is 3.03. The highest BCUT2D eigenvalue weighted by Gasteiger charge is 2.37. The van der Waals surface area contributed by atoms with E-state index in [1.165, 1.54) is 18.2 Å². The number of rotatable bonds is 8. The number of aryl methyl sites for hydroxylation is 1. The van der Waals surface area contributed by atoms with Crippen LogP contribution >= 0.6 is 0 Å². The van der Waals surface area contributed by atoms with Crippen molar-refractivity contribution >= 4 is 40.4 Å². The van der Waals surface area contributed by atoms with Crippen molar-refractivity contribution in [2.45, 2.75) is 20.1 Å². The summed E-state index contributed by atoms with van der Waals surface area (Å²) in [6, 6.07) is 30.7. The topological polar surface area (TPSA) is 84.9 Å². The summed E-state index contributed by atoms with van der Waals surface area (Å²) in [4.78, 5) is 40.5. The van der Waals surface area contributed by atoms with E-state index in [2.05, 4.69) is 5.32 Å². The fourth-order valence-corrected chi connectivity index (χ4v) is 4.87. The molecule has 1 heterocycles. The number of imide groups is 2. The lowest BCUT2D eigenvalue weighted by Crippen LogP contribution is -2.54. The molecule has 0 bridgehead atoms. The van der Waals surface area contributed by atoms with Gasteiger partial charge >= 0.3 is 6.03 Å². The van der Waals surface area contributed by atoms with E-state index in [4.69, 9.17) is 9.47 Å². The highest BCUT2D eigenvalue weighted by Crippen LogP contribution is 2.33. The Bertz CT molecular complexity index is 1900. The molecule has 1 aliphatic heterocycles. The minimum Gasteiger partial charge on any atom is -0.489 e. The van der Waals surface area contributed by atoms with Gasteiger partial charge in [0.2, 0.25) is 0 Å². The zero-order valence-corrected chi connectivity index (χ0v) is 23.8. The first kappa shape index (κ1) is 28.4. The van der Waals surface area contributed by atoms with E-state index >= 15 is 0 Å². The van der Waals surface area contributed by atoms with Crippen LogP contribution in [0.25, 0.3) is 16.8 Å². The van der Waals surface area contributed by atoms with Gasteiger partial charge in [-0.2, -0.15) is 0 Å². The van der Waals surface area contributed by atoms with Crippen molar-refractivity contribution in [2.75, 3.05) is 4.90 Å². The maximum atomic E-state index is 13.7. The molecular weight excluding hydrogens is 559 g/mol. The first-order valence-electron chi connectivity index (χ1n) is 13.9. The number of barbiturate groups is 1. The monoisotopic (exact) mass is 586 g/mol. The van der Waals surface area contributed by atoms with Gasteiger partial charge in [0.25, 0.3) is 11.8 Å². The second-order valence-corrected chi connectivity index (χ2v) is 10.3. The fourth-order valence-electron chi connectivity index (χ4n) is 4.87. The summed E-state index contributed by atoms with van der Waals surface area (Å²) < 4.78 is 25.3. The van der Waals surface area contributed by atoms with Crippen LogP contribution in [0.3, 0.4) is 0 Å². The van der Waals surface area contributed by atoms with E-state index in [0.29, 0.717) is 23.7 Å². The second-order valence-electron chi connectivity index (χ2n) is 10.3. The third kappa shape index (κ3) is 6.05. The Morgan fingerprint density at radius 2 is 1.41 bits per heavy atom. The third-order valence-corrected chi connectivity index (χ3v) is 7.25. The zero-order chi connectivity index (χ0) is 30.6. The molecule has 1 aliphatic rings. The molecule has 5 aromatic carbocycles. The summed E-state index contributed by atoms with van der Waals surface area (Å²) in [5, 5.41) is 3.89. The van der Waals surface area contributed by atoms with Crippen LogP contribution in [0.2, 0.25) is 0 Å². The van der Waals surface area contributed by atoms with Crippen molar-refractivity contribution in [1.29, 1.82) is 0 Å². The van der Waals surface area contributed by atoms with Gasteiger partial charge in [-0.1, -0.05) is 72.3 Å². The highest BCUT2D eigenvalue weighted by molar-refractivity contribution is 6.39. The maximum Gasteiger partial charge on any atom is 0.335 e. The number of hydrogen-bond donors (Lipinski definition) is 1. The molecule has 0 radical (unpaired) electrons. The number of anilines is 1. The van der Waals surface area contributed by atoms with Gasteiger partial charge in [0.1, 0.15) is 36.1 Å². The van der Waals surface area contributed by atoms with Crippen LogP contribution in [0.15, 0.2) is 115 Å². The van der Waals surface area contributed by atoms with Crippen LogP contribution < -0.4 is 19.7 Å². The number of fused-ring (bicyclic) bond motifs is 1. The number of ether oxygens (including phenoxy) is 2. The molecule has 218 valence electrons. The third-order valence-electron chi connectivity index (χ3n) is 7.25. The summed E-state index contributed by atoms with van der Waals surface area (Å²) in [6.45, 7) is 2.51. The summed E-state index contributed by atoms with van der Waals surface area (Å²) in [5.74, 6) is -0.962. The van der Waals surface area contributed by atoms with Crippen molar-refractivity contribution in [2.24, 2.45) is 0 Å². The van der Waals surface area contributed by atoms with Crippen LogP contribution in [0.4, 0.5) is 14.9 Å². The number of halogens is 1. The number of hydrogen-bond acceptors (Lipinski definition) is 5. The van der Waals surface area contributed by atoms with Gasteiger partial charge in [-0.3, -0.25) is 14.9 Å². The molecule has 0 atom stereocenters. The number of nitrogens with zero attached hydrogens (tertiary/aromatic N) is 1. The van der Waals surface area contributed by atoms with Crippen molar-refractivity contribution in [3.63, 3.8) is 0 Å². The van der Waals surface area contributed by atoms with Gasteiger partial charge < -0.3 is 9.47 Å². The minimum absolute atomic E-state index is 0.137. The number of nitrogens with one attached hydrogen (secondary N) is 1. The molecule has 44 heavy (non-hydrogen) atoms. The van der Waals surface area contributed by atoms with E-state index in [9.17, 15) is 18.8 Å². The fraction of sp³-hybridized carbons (Fsp3) is 0.0833. The standard InChI is InChI=1S/C36H27FN2O5/c1-23-6-8-24(9-7-23)21-43-29-17-15-28(16-18-29)39-35(41)32(34(40)38-36(39)42)20-31-30-5-3-2-4-26(30)12-19-33(31)44-22-25-10-13-27(37)14-11-25/h2-20H,21-22H2,1H3,(H,38,40,42)/b32-20+. The van der Waals surface area contributed by atoms with Crippen LogP contribution in [0, 0.1) is 12.7 Å². The molecule has 1 fully saturated rings. The smallest absolute Gasteiger partial charge is 0.335 e. The number of carbonyl (C=O) groups excluding carboxylic acids is 3. The van der Waals surface area contributed by atoms with Crippen LogP contribution in [0.1, 0.15) is 22.3 Å². The molecule has 0 spiro atoms. The normalized spacial score (nSPS) is 14.2. The van der Waals surface area contributed by atoms with Gasteiger partial charge in [0.05, 0.1) is 5.69 Å². The average molecular weight is 587 g/mol. The summed E-state index contributed by atoms with van der Waals surface area (Å²) in [6.07, 6.45) is 1.44. The van der Waals surface area contributed by atoms with Gasteiger partial charge in [0, 0.05) is 5.56 Å². The van der Waals surface area contributed by atoms with Gasteiger partial charge in [-0.05, 0) is 77.4 Å². The quantitative estimate of drug-likeness (QED) is 0.155. The Morgan fingerprint density at radius 3 is 2.14 bits per heavy atom. The lowest BCUT2D eigenvalue weighted by molar-refractivity contribution is -0.122. The summed E-state index contributed by atoms with van der Waals surface area (Å²) in [7, 11) is 0. The lowest BCUT2D eigenvalue weighted by Gasteiger charge is -2.26. The predicted octanol–water partition coefficient (Wildman–Crippen LogP) is 7.11.